The Morgan fingerprint density at radius 2 is 2.00 bits per heavy atom. The van der Waals surface area contributed by atoms with E-state index in [-0.39, 0.29) is 22.8 Å². The van der Waals surface area contributed by atoms with E-state index in [1.54, 1.807) is 0 Å². The number of pyridine rings is 1. The van der Waals surface area contributed by atoms with Crippen molar-refractivity contribution in [1.29, 1.82) is 0 Å². The molecule has 0 amide bonds. The highest BCUT2D eigenvalue weighted by Crippen LogP contribution is 2.35. The summed E-state index contributed by atoms with van der Waals surface area (Å²) < 4.78 is 67.4. The van der Waals surface area contributed by atoms with Gasteiger partial charge < -0.3 is 5.73 Å². The zero-order valence-electron chi connectivity index (χ0n) is 15.5. The fraction of sp³-hybridized carbons (Fsp3) is 0.278. The quantitative estimate of drug-likeness (QED) is 0.580. The minimum Gasteiger partial charge on any atom is -0.369 e. The number of sulfonamides is 1. The van der Waals surface area contributed by atoms with Crippen molar-refractivity contribution < 1.29 is 21.6 Å². The summed E-state index contributed by atoms with van der Waals surface area (Å²) in [6.07, 6.45) is 1.01. The van der Waals surface area contributed by atoms with Crippen molar-refractivity contribution in [2.24, 2.45) is 10.7 Å². The van der Waals surface area contributed by atoms with Crippen LogP contribution in [0.15, 0.2) is 35.5 Å². The van der Waals surface area contributed by atoms with Gasteiger partial charge in [-0.1, -0.05) is 12.2 Å². The second kappa shape index (κ2) is 7.38. The minimum absolute atomic E-state index is 0.0140. The second-order valence-electron chi connectivity index (χ2n) is 6.87. The number of nitrogens with zero attached hydrogens (tertiary/aromatic N) is 3. The molecule has 1 aliphatic heterocycles. The fourth-order valence-electron chi connectivity index (χ4n) is 3.04. The molecule has 154 valence electrons. The van der Waals surface area contributed by atoms with Crippen LogP contribution in [0.2, 0.25) is 0 Å². The fourth-order valence-corrected chi connectivity index (χ4v) is 4.78. The monoisotopic (exact) mass is 442 g/mol. The van der Waals surface area contributed by atoms with Crippen molar-refractivity contribution in [3.05, 3.63) is 64.7 Å². The first kappa shape index (κ1) is 21.2. The van der Waals surface area contributed by atoms with Crippen molar-refractivity contribution in [3.63, 3.8) is 0 Å². The zero-order chi connectivity index (χ0) is 21.6. The molecule has 0 saturated heterocycles. The first-order chi connectivity index (χ1) is 13.4. The van der Waals surface area contributed by atoms with E-state index in [0.29, 0.717) is 11.3 Å². The summed E-state index contributed by atoms with van der Waals surface area (Å²) >= 11 is 5.27. The summed E-state index contributed by atoms with van der Waals surface area (Å²) in [6.45, 7) is 1.37. The van der Waals surface area contributed by atoms with Gasteiger partial charge in [0.1, 0.15) is 11.4 Å². The number of nitrogens with two attached hydrogens (primary N) is 1. The topological polar surface area (TPSA) is 88.7 Å². The third-order valence-corrected chi connectivity index (χ3v) is 6.91. The highest BCUT2D eigenvalue weighted by molar-refractivity contribution is 7.89. The van der Waals surface area contributed by atoms with Gasteiger partial charge in [0.05, 0.1) is 17.6 Å². The predicted octanol–water partition coefficient (Wildman–Crippen LogP) is 2.26. The molecule has 6 nitrogen and oxygen atoms in total. The summed E-state index contributed by atoms with van der Waals surface area (Å²) in [4.78, 5) is 8.25. The number of rotatable bonds is 4. The number of aliphatic imine (C=N–C) groups is 1. The molecule has 2 aromatic rings. The van der Waals surface area contributed by atoms with E-state index in [9.17, 15) is 21.6 Å². The molecule has 29 heavy (non-hydrogen) atoms. The Balaban J connectivity index is 2.02. The van der Waals surface area contributed by atoms with Gasteiger partial charge in [0.25, 0.3) is 0 Å². The lowest BCUT2D eigenvalue weighted by molar-refractivity contribution is 0.435. The molecule has 0 radical (unpaired) electrons. The number of halogens is 3. The van der Waals surface area contributed by atoms with Crippen molar-refractivity contribution in [2.75, 3.05) is 12.8 Å². The van der Waals surface area contributed by atoms with Crippen molar-refractivity contribution in [1.82, 2.24) is 9.29 Å². The molecule has 0 saturated carbocycles. The Labute approximate surface area is 171 Å². The van der Waals surface area contributed by atoms with Gasteiger partial charge >= 0.3 is 0 Å². The van der Waals surface area contributed by atoms with E-state index < -0.39 is 38.8 Å². The number of hydrogen-bond donors (Lipinski definition) is 1. The number of thiocarbonyl (C=S) groups is 1. The molecular formula is C18H17F3N4O2S2. The maximum absolute atomic E-state index is 14.6. The molecular weight excluding hydrogens is 425 g/mol. The number of benzene rings is 1. The summed E-state index contributed by atoms with van der Waals surface area (Å²) in [5, 5.41) is 0. The molecule has 1 aliphatic rings. The van der Waals surface area contributed by atoms with Crippen LogP contribution in [0.5, 0.6) is 0 Å². The van der Waals surface area contributed by atoms with Crippen molar-refractivity contribution in [2.45, 2.75) is 18.9 Å². The van der Waals surface area contributed by atoms with Gasteiger partial charge in [-0.05, 0) is 36.8 Å². The third kappa shape index (κ3) is 4.10. The summed E-state index contributed by atoms with van der Waals surface area (Å²) in [7, 11) is -2.63. The smallest absolute Gasteiger partial charge is 0.239 e. The molecule has 0 fully saturated rings. The maximum Gasteiger partial charge on any atom is 0.239 e. The molecule has 0 spiro atoms. The third-order valence-electron chi connectivity index (χ3n) is 4.61. The van der Waals surface area contributed by atoms with E-state index in [4.69, 9.17) is 18.0 Å². The molecule has 11 heteroatoms. The first-order valence-corrected chi connectivity index (χ1v) is 10.4. The Kier molecular flexibility index (Phi) is 5.39. The minimum atomic E-state index is -3.86. The molecule has 3 rings (SSSR count). The standard InChI is InChI=1S/C18H17F3N4O2S2/c1-18(9-29(26,27)25(2)17(22)24-18)12-5-10(6-13(20)16(12)21)7-15(28)14-4-3-11(19)8-23-14/h3-6,8H,7,9H2,1-2H3,(H2,22,24)/t18-/m0/s1. The average Bonchev–Trinajstić information content (AvgIpc) is 2.62. The molecule has 0 aliphatic carbocycles. The van der Waals surface area contributed by atoms with Crippen LogP contribution in [0.3, 0.4) is 0 Å². The van der Waals surface area contributed by atoms with Gasteiger partial charge in [-0.3, -0.25) is 4.98 Å². The summed E-state index contributed by atoms with van der Waals surface area (Å²) in [5.74, 6) is -3.81. The van der Waals surface area contributed by atoms with Gasteiger partial charge in [0.15, 0.2) is 11.6 Å². The molecule has 2 heterocycles. The zero-order valence-corrected chi connectivity index (χ0v) is 17.1. The van der Waals surface area contributed by atoms with Crippen molar-refractivity contribution in [3.8, 4) is 0 Å². The Bertz CT molecular complexity index is 1120. The molecule has 0 unspecified atom stereocenters. The van der Waals surface area contributed by atoms with Gasteiger partial charge in [0.2, 0.25) is 16.0 Å². The van der Waals surface area contributed by atoms with Crippen LogP contribution < -0.4 is 5.73 Å². The van der Waals surface area contributed by atoms with Crippen LogP contribution in [0.4, 0.5) is 13.2 Å². The molecule has 1 aromatic heterocycles. The lowest BCUT2D eigenvalue weighted by Crippen LogP contribution is -2.50. The van der Waals surface area contributed by atoms with Gasteiger partial charge in [-0.15, -0.1) is 0 Å². The molecule has 2 N–H and O–H groups in total. The van der Waals surface area contributed by atoms with Crippen molar-refractivity contribution >= 4 is 33.1 Å². The average molecular weight is 442 g/mol. The van der Waals surface area contributed by atoms with Gasteiger partial charge in [-0.2, -0.15) is 0 Å². The number of hydrogen-bond acceptors (Lipinski definition) is 6. The Hall–Kier alpha value is -2.53. The molecule has 1 aromatic carbocycles. The van der Waals surface area contributed by atoms with E-state index in [1.807, 2.05) is 0 Å². The normalized spacial score (nSPS) is 21.0. The summed E-state index contributed by atoms with van der Waals surface area (Å²) in [6, 6.07) is 4.85. The number of guanidine groups is 1. The van der Waals surface area contributed by atoms with E-state index in [2.05, 4.69) is 9.98 Å². The Morgan fingerprint density at radius 3 is 2.59 bits per heavy atom. The Morgan fingerprint density at radius 1 is 1.31 bits per heavy atom. The summed E-state index contributed by atoms with van der Waals surface area (Å²) in [5.41, 5.74) is 4.43. The van der Waals surface area contributed by atoms with Crippen LogP contribution in [-0.2, 0) is 22.0 Å². The highest BCUT2D eigenvalue weighted by atomic mass is 32.2. The van der Waals surface area contributed by atoms with E-state index >= 15 is 0 Å². The molecule has 1 atom stereocenters. The van der Waals surface area contributed by atoms with Crippen LogP contribution in [0, 0.1) is 17.5 Å². The highest BCUT2D eigenvalue weighted by Gasteiger charge is 2.42. The SMILES string of the molecule is CN1C(N)=N[C@](C)(c2cc(CC(=S)c3ccc(F)cn3)cc(F)c2F)CS1(=O)=O. The van der Waals surface area contributed by atoms with Crippen LogP contribution in [0.1, 0.15) is 23.7 Å². The van der Waals surface area contributed by atoms with Gasteiger partial charge in [0, 0.05) is 23.9 Å². The maximum atomic E-state index is 14.6. The van der Waals surface area contributed by atoms with E-state index in [1.165, 1.54) is 32.2 Å². The predicted molar refractivity (Wildman–Crippen MR) is 106 cm³/mol. The van der Waals surface area contributed by atoms with Gasteiger partial charge in [-0.25, -0.2) is 30.9 Å². The van der Waals surface area contributed by atoms with Crippen LogP contribution in [-0.4, -0.2) is 41.3 Å². The lowest BCUT2D eigenvalue weighted by Gasteiger charge is -2.34. The largest absolute Gasteiger partial charge is 0.369 e. The van der Waals surface area contributed by atoms with Crippen LogP contribution >= 0.6 is 12.2 Å². The van der Waals surface area contributed by atoms with Crippen LogP contribution in [0.25, 0.3) is 0 Å². The lowest BCUT2D eigenvalue weighted by atomic mass is 9.91. The first-order valence-electron chi connectivity index (χ1n) is 8.38. The molecule has 0 bridgehead atoms. The number of aromatic nitrogens is 1. The van der Waals surface area contributed by atoms with E-state index in [0.717, 1.165) is 16.6 Å². The second-order valence-corrected chi connectivity index (χ2v) is 9.36.